The molecule has 0 fully saturated rings. The van der Waals surface area contributed by atoms with Gasteiger partial charge in [-0.25, -0.2) is 4.79 Å². The number of nitrogens with zero attached hydrogens (tertiary/aromatic N) is 1. The molecule has 0 unspecified atom stereocenters. The van der Waals surface area contributed by atoms with Crippen LogP contribution in [0.5, 0.6) is 0 Å². The Hall–Kier alpha value is -1.52. The van der Waals surface area contributed by atoms with Gasteiger partial charge in [0.1, 0.15) is 0 Å². The first-order valence-electron chi connectivity index (χ1n) is 5.64. The van der Waals surface area contributed by atoms with Crippen molar-refractivity contribution in [3.8, 4) is 0 Å². The van der Waals surface area contributed by atoms with E-state index in [0.717, 1.165) is 23.9 Å². The van der Waals surface area contributed by atoms with Gasteiger partial charge in [-0.2, -0.15) is 0 Å². The summed E-state index contributed by atoms with van der Waals surface area (Å²) < 4.78 is 7.06. The second-order valence-corrected chi connectivity index (χ2v) is 4.40. The lowest BCUT2D eigenvalue weighted by Gasteiger charge is -2.06. The molecule has 0 saturated heterocycles. The molecule has 0 aliphatic heterocycles. The molecule has 4 nitrogen and oxygen atoms in total. The summed E-state index contributed by atoms with van der Waals surface area (Å²) in [6, 6.07) is 5.17. The molecule has 0 radical (unpaired) electrons. The molecule has 0 aliphatic carbocycles. The van der Waals surface area contributed by atoms with Gasteiger partial charge in [-0.1, -0.05) is 11.6 Å². The van der Waals surface area contributed by atoms with Gasteiger partial charge >= 0.3 is 5.97 Å². The standard InChI is InChI=1S/C13H14ClNO3/c1-18-8-2-6-15-7-5-9-11(15)4-3-10(12(9)14)13(16)17/h3-5,7H,2,6,8H2,1H3,(H,16,17). The maximum atomic E-state index is 11.0. The third-order valence-corrected chi connectivity index (χ3v) is 3.27. The number of aromatic carboxylic acids is 1. The molecule has 1 heterocycles. The lowest BCUT2D eigenvalue weighted by molar-refractivity contribution is 0.0697. The number of carboxylic acids is 1. The predicted molar refractivity (Wildman–Crippen MR) is 70.4 cm³/mol. The zero-order chi connectivity index (χ0) is 13.1. The number of rotatable bonds is 5. The van der Waals surface area contributed by atoms with E-state index in [1.165, 1.54) is 0 Å². The van der Waals surface area contributed by atoms with E-state index in [9.17, 15) is 4.79 Å². The number of methoxy groups -OCH3 is 1. The fourth-order valence-corrected chi connectivity index (χ4v) is 2.28. The molecule has 5 heteroatoms. The Balaban J connectivity index is 2.37. The lowest BCUT2D eigenvalue weighted by Crippen LogP contribution is -2.01. The Labute approximate surface area is 110 Å². The smallest absolute Gasteiger partial charge is 0.337 e. The van der Waals surface area contributed by atoms with E-state index < -0.39 is 5.97 Å². The number of aryl methyl sites for hydroxylation is 1. The molecule has 0 aliphatic rings. The summed E-state index contributed by atoms with van der Waals surface area (Å²) in [6.07, 6.45) is 2.82. The van der Waals surface area contributed by atoms with E-state index in [0.29, 0.717) is 11.6 Å². The van der Waals surface area contributed by atoms with Crippen LogP contribution in [0.15, 0.2) is 24.4 Å². The first kappa shape index (κ1) is 12.9. The van der Waals surface area contributed by atoms with Gasteiger partial charge in [-0.3, -0.25) is 0 Å². The Bertz CT molecular complexity index is 577. The van der Waals surface area contributed by atoms with Gasteiger partial charge in [0.15, 0.2) is 0 Å². The first-order valence-corrected chi connectivity index (χ1v) is 6.02. The average molecular weight is 268 g/mol. The minimum atomic E-state index is -1.01. The molecule has 0 bridgehead atoms. The van der Waals surface area contributed by atoms with E-state index in [1.807, 2.05) is 16.8 Å². The molecule has 0 amide bonds. The first-order chi connectivity index (χ1) is 8.65. The Kier molecular flexibility index (Phi) is 3.89. The zero-order valence-electron chi connectivity index (χ0n) is 10.0. The highest BCUT2D eigenvalue weighted by atomic mass is 35.5. The van der Waals surface area contributed by atoms with E-state index in [2.05, 4.69) is 0 Å². The zero-order valence-corrected chi connectivity index (χ0v) is 10.8. The molecule has 2 aromatic rings. The highest BCUT2D eigenvalue weighted by Crippen LogP contribution is 2.28. The van der Waals surface area contributed by atoms with Crippen LogP contribution in [-0.2, 0) is 11.3 Å². The number of carbonyl (C=O) groups is 1. The fraction of sp³-hybridized carbons (Fsp3) is 0.308. The van der Waals surface area contributed by atoms with Crippen molar-refractivity contribution in [2.75, 3.05) is 13.7 Å². The van der Waals surface area contributed by atoms with Gasteiger partial charge in [-0.05, 0) is 24.6 Å². The maximum Gasteiger partial charge on any atom is 0.337 e. The van der Waals surface area contributed by atoms with Crippen LogP contribution in [0.1, 0.15) is 16.8 Å². The predicted octanol–water partition coefficient (Wildman–Crippen LogP) is 3.03. The van der Waals surface area contributed by atoms with Crippen LogP contribution >= 0.6 is 11.6 Å². The number of hydrogen-bond donors (Lipinski definition) is 1. The molecule has 0 spiro atoms. The molecule has 0 saturated carbocycles. The molecule has 1 aromatic carbocycles. The van der Waals surface area contributed by atoms with Crippen LogP contribution in [0, 0.1) is 0 Å². The molecule has 0 atom stereocenters. The molecule has 18 heavy (non-hydrogen) atoms. The van der Waals surface area contributed by atoms with Gasteiger partial charge in [0.05, 0.1) is 10.6 Å². The van der Waals surface area contributed by atoms with Crippen LogP contribution < -0.4 is 0 Å². The number of halogens is 1. The van der Waals surface area contributed by atoms with E-state index in [-0.39, 0.29) is 5.56 Å². The molecule has 96 valence electrons. The van der Waals surface area contributed by atoms with Crippen LogP contribution in [0.2, 0.25) is 5.02 Å². The Morgan fingerprint density at radius 3 is 2.89 bits per heavy atom. The van der Waals surface area contributed by atoms with E-state index in [4.69, 9.17) is 21.4 Å². The molecular weight excluding hydrogens is 254 g/mol. The summed E-state index contributed by atoms with van der Waals surface area (Å²) >= 11 is 6.09. The van der Waals surface area contributed by atoms with Gasteiger partial charge < -0.3 is 14.4 Å². The average Bonchev–Trinajstić information content (AvgIpc) is 2.74. The van der Waals surface area contributed by atoms with Crippen molar-refractivity contribution in [1.82, 2.24) is 4.57 Å². The number of carboxylic acid groups (broad SMARTS) is 1. The third-order valence-electron chi connectivity index (χ3n) is 2.87. The largest absolute Gasteiger partial charge is 0.478 e. The summed E-state index contributed by atoms with van der Waals surface area (Å²) in [5.41, 5.74) is 1.08. The van der Waals surface area contributed by atoms with Crippen molar-refractivity contribution in [3.63, 3.8) is 0 Å². The summed E-state index contributed by atoms with van der Waals surface area (Å²) in [7, 11) is 1.67. The van der Waals surface area contributed by atoms with E-state index in [1.54, 1.807) is 19.2 Å². The normalized spacial score (nSPS) is 11.0. The number of aromatic nitrogens is 1. The highest BCUT2D eigenvalue weighted by Gasteiger charge is 2.13. The van der Waals surface area contributed by atoms with Gasteiger partial charge in [0.25, 0.3) is 0 Å². The minimum Gasteiger partial charge on any atom is -0.478 e. The van der Waals surface area contributed by atoms with Gasteiger partial charge in [0, 0.05) is 37.4 Å². The number of ether oxygens (including phenoxy) is 1. The summed E-state index contributed by atoms with van der Waals surface area (Å²) in [5.74, 6) is -1.01. The number of hydrogen-bond acceptors (Lipinski definition) is 2. The number of benzene rings is 1. The monoisotopic (exact) mass is 267 g/mol. The quantitative estimate of drug-likeness (QED) is 0.847. The topological polar surface area (TPSA) is 51.5 Å². The van der Waals surface area contributed by atoms with Crippen LogP contribution in [-0.4, -0.2) is 29.4 Å². The second-order valence-electron chi connectivity index (χ2n) is 4.02. The molecule has 1 N–H and O–H groups in total. The van der Waals surface area contributed by atoms with Crippen molar-refractivity contribution in [1.29, 1.82) is 0 Å². The Morgan fingerprint density at radius 1 is 1.44 bits per heavy atom. The SMILES string of the molecule is COCCCn1ccc2c(Cl)c(C(=O)O)ccc21. The lowest BCUT2D eigenvalue weighted by atomic mass is 10.1. The van der Waals surface area contributed by atoms with Crippen molar-refractivity contribution in [2.24, 2.45) is 0 Å². The van der Waals surface area contributed by atoms with Crippen molar-refractivity contribution >= 4 is 28.5 Å². The fourth-order valence-electron chi connectivity index (χ4n) is 1.98. The summed E-state index contributed by atoms with van der Waals surface area (Å²) in [4.78, 5) is 11.0. The maximum absolute atomic E-state index is 11.0. The van der Waals surface area contributed by atoms with Crippen LogP contribution in [0.4, 0.5) is 0 Å². The van der Waals surface area contributed by atoms with E-state index >= 15 is 0 Å². The molecule has 2 rings (SSSR count). The van der Waals surface area contributed by atoms with Crippen molar-refractivity contribution in [2.45, 2.75) is 13.0 Å². The van der Waals surface area contributed by atoms with Gasteiger partial charge in [0.2, 0.25) is 0 Å². The minimum absolute atomic E-state index is 0.138. The summed E-state index contributed by atoms with van der Waals surface area (Å²) in [5, 5.41) is 10.1. The second kappa shape index (κ2) is 5.42. The number of fused-ring (bicyclic) bond motifs is 1. The molecular formula is C13H14ClNO3. The van der Waals surface area contributed by atoms with Crippen molar-refractivity contribution in [3.05, 3.63) is 35.0 Å². The molecule has 1 aromatic heterocycles. The van der Waals surface area contributed by atoms with Crippen LogP contribution in [0.3, 0.4) is 0 Å². The highest BCUT2D eigenvalue weighted by molar-refractivity contribution is 6.38. The van der Waals surface area contributed by atoms with Crippen LogP contribution in [0.25, 0.3) is 10.9 Å². The summed E-state index contributed by atoms with van der Waals surface area (Å²) in [6.45, 7) is 1.51. The van der Waals surface area contributed by atoms with Crippen molar-refractivity contribution < 1.29 is 14.6 Å². The van der Waals surface area contributed by atoms with Gasteiger partial charge in [-0.15, -0.1) is 0 Å². The third kappa shape index (κ3) is 2.35. The Morgan fingerprint density at radius 2 is 2.22 bits per heavy atom.